The molecule has 0 bridgehead atoms. The lowest BCUT2D eigenvalue weighted by Gasteiger charge is -2.09. The van der Waals surface area contributed by atoms with Gasteiger partial charge >= 0.3 is 0 Å². The molecule has 1 aromatic heterocycles. The molecular formula is C12H15N5O2S. The Labute approximate surface area is 120 Å². The molecule has 106 valence electrons. The minimum atomic E-state index is -0.374. The van der Waals surface area contributed by atoms with Crippen molar-refractivity contribution in [3.05, 3.63) is 36.2 Å². The number of amides is 1. The summed E-state index contributed by atoms with van der Waals surface area (Å²) in [4.78, 5) is 11.6. The van der Waals surface area contributed by atoms with Crippen LogP contribution >= 0.6 is 11.8 Å². The van der Waals surface area contributed by atoms with Crippen LogP contribution in [0.2, 0.25) is 0 Å². The third-order valence-corrected chi connectivity index (χ3v) is 3.50. The quantitative estimate of drug-likeness (QED) is 0.266. The van der Waals surface area contributed by atoms with Crippen LogP contribution in [0.3, 0.4) is 0 Å². The lowest BCUT2D eigenvalue weighted by molar-refractivity contribution is 0.0950. The summed E-state index contributed by atoms with van der Waals surface area (Å²) in [6.45, 7) is 0.451. The summed E-state index contributed by atoms with van der Waals surface area (Å²) in [5, 5.41) is 8.57. The SMILES string of the molecule is Cn1cnnc1SCCOc1ccccc1C(=O)NN. The number of hydrogen-bond acceptors (Lipinski definition) is 6. The molecule has 20 heavy (non-hydrogen) atoms. The summed E-state index contributed by atoms with van der Waals surface area (Å²) in [7, 11) is 1.88. The van der Waals surface area contributed by atoms with E-state index in [2.05, 4.69) is 15.6 Å². The minimum Gasteiger partial charge on any atom is -0.492 e. The zero-order valence-corrected chi connectivity index (χ0v) is 11.8. The Kier molecular flexibility index (Phi) is 4.97. The van der Waals surface area contributed by atoms with Gasteiger partial charge in [-0.15, -0.1) is 10.2 Å². The number of hydrazine groups is 1. The number of nitrogen functional groups attached to an aromatic ring is 1. The average molecular weight is 293 g/mol. The molecule has 0 radical (unpaired) electrons. The molecule has 8 heteroatoms. The molecule has 0 spiro atoms. The lowest BCUT2D eigenvalue weighted by atomic mass is 10.2. The van der Waals surface area contributed by atoms with E-state index in [1.54, 1.807) is 30.6 Å². The molecular weight excluding hydrogens is 278 g/mol. The van der Waals surface area contributed by atoms with Gasteiger partial charge in [0.05, 0.1) is 12.2 Å². The van der Waals surface area contributed by atoms with E-state index in [1.807, 2.05) is 11.6 Å². The van der Waals surface area contributed by atoms with Gasteiger partial charge in [0.2, 0.25) is 0 Å². The zero-order valence-electron chi connectivity index (χ0n) is 10.9. The Bertz CT molecular complexity index is 587. The predicted octanol–water partition coefficient (Wildman–Crippen LogP) is 0.590. The molecule has 2 rings (SSSR count). The molecule has 2 aromatic rings. The number of carbonyl (C=O) groups excluding carboxylic acids is 1. The first-order chi connectivity index (χ1) is 9.72. The first-order valence-corrected chi connectivity index (χ1v) is 6.90. The fourth-order valence-electron chi connectivity index (χ4n) is 1.55. The maximum absolute atomic E-state index is 11.6. The van der Waals surface area contributed by atoms with Crippen molar-refractivity contribution in [1.29, 1.82) is 0 Å². The number of nitrogens with one attached hydrogen (secondary N) is 1. The van der Waals surface area contributed by atoms with Gasteiger partial charge in [-0.3, -0.25) is 10.2 Å². The van der Waals surface area contributed by atoms with Crippen molar-refractivity contribution in [2.45, 2.75) is 5.16 Å². The fraction of sp³-hybridized carbons (Fsp3) is 0.250. The number of hydrogen-bond donors (Lipinski definition) is 2. The molecule has 7 nitrogen and oxygen atoms in total. The standard InChI is InChI=1S/C12H15N5O2S/c1-17-8-14-16-12(17)20-7-6-19-10-5-3-2-4-9(10)11(18)15-13/h2-5,8H,6-7,13H2,1H3,(H,15,18). The molecule has 0 aliphatic rings. The Morgan fingerprint density at radius 2 is 2.30 bits per heavy atom. The van der Waals surface area contributed by atoms with Gasteiger partial charge in [0.15, 0.2) is 5.16 Å². The summed E-state index contributed by atoms with van der Waals surface area (Å²) in [6, 6.07) is 6.95. The number of aromatic nitrogens is 3. The maximum Gasteiger partial charge on any atom is 0.268 e. The fourth-order valence-corrected chi connectivity index (χ4v) is 2.25. The van der Waals surface area contributed by atoms with E-state index in [-0.39, 0.29) is 5.91 Å². The van der Waals surface area contributed by atoms with Crippen molar-refractivity contribution >= 4 is 17.7 Å². The number of benzene rings is 1. The summed E-state index contributed by atoms with van der Waals surface area (Å²) >= 11 is 1.53. The van der Waals surface area contributed by atoms with E-state index in [0.717, 1.165) is 5.16 Å². The van der Waals surface area contributed by atoms with Gasteiger partial charge in [0.25, 0.3) is 5.91 Å². The Morgan fingerprint density at radius 1 is 1.50 bits per heavy atom. The summed E-state index contributed by atoms with van der Waals surface area (Å²) in [6.07, 6.45) is 1.64. The molecule has 0 unspecified atom stereocenters. The number of rotatable bonds is 6. The Balaban J connectivity index is 1.88. The van der Waals surface area contributed by atoms with Crippen molar-refractivity contribution < 1.29 is 9.53 Å². The second-order valence-electron chi connectivity index (χ2n) is 3.89. The highest BCUT2D eigenvalue weighted by molar-refractivity contribution is 7.99. The van der Waals surface area contributed by atoms with Crippen molar-refractivity contribution in [3.8, 4) is 5.75 Å². The number of ether oxygens (including phenoxy) is 1. The average Bonchev–Trinajstić information content (AvgIpc) is 2.88. The molecule has 0 atom stereocenters. The Morgan fingerprint density at radius 3 is 3.00 bits per heavy atom. The van der Waals surface area contributed by atoms with E-state index >= 15 is 0 Å². The van der Waals surface area contributed by atoms with E-state index < -0.39 is 0 Å². The number of nitrogens with zero attached hydrogens (tertiary/aromatic N) is 3. The van der Waals surface area contributed by atoms with Crippen LogP contribution in [-0.4, -0.2) is 33.0 Å². The molecule has 0 aliphatic carbocycles. The third-order valence-electron chi connectivity index (χ3n) is 2.50. The van der Waals surface area contributed by atoms with Gasteiger partial charge in [-0.05, 0) is 12.1 Å². The van der Waals surface area contributed by atoms with Crippen LogP contribution < -0.4 is 16.0 Å². The largest absolute Gasteiger partial charge is 0.492 e. The highest BCUT2D eigenvalue weighted by Gasteiger charge is 2.10. The smallest absolute Gasteiger partial charge is 0.268 e. The van der Waals surface area contributed by atoms with E-state index in [0.29, 0.717) is 23.7 Å². The van der Waals surface area contributed by atoms with Crippen LogP contribution in [0.25, 0.3) is 0 Å². The topological polar surface area (TPSA) is 95.1 Å². The first-order valence-electron chi connectivity index (χ1n) is 5.92. The lowest BCUT2D eigenvalue weighted by Crippen LogP contribution is -2.30. The summed E-state index contributed by atoms with van der Waals surface area (Å²) in [5.74, 6) is 5.97. The summed E-state index contributed by atoms with van der Waals surface area (Å²) in [5.41, 5.74) is 2.51. The molecule has 3 N–H and O–H groups in total. The van der Waals surface area contributed by atoms with Crippen molar-refractivity contribution in [2.75, 3.05) is 12.4 Å². The van der Waals surface area contributed by atoms with Gasteiger partial charge < -0.3 is 9.30 Å². The highest BCUT2D eigenvalue weighted by atomic mass is 32.2. The minimum absolute atomic E-state index is 0.374. The van der Waals surface area contributed by atoms with Gasteiger partial charge in [-0.2, -0.15) is 0 Å². The second-order valence-corrected chi connectivity index (χ2v) is 4.95. The number of aryl methyl sites for hydroxylation is 1. The number of thioether (sulfide) groups is 1. The van der Waals surface area contributed by atoms with E-state index in [1.165, 1.54) is 11.8 Å². The second kappa shape index (κ2) is 6.92. The van der Waals surface area contributed by atoms with Crippen LogP contribution in [0.5, 0.6) is 5.75 Å². The number of nitrogens with two attached hydrogens (primary N) is 1. The third kappa shape index (κ3) is 3.49. The van der Waals surface area contributed by atoms with Crippen LogP contribution in [0.4, 0.5) is 0 Å². The normalized spacial score (nSPS) is 10.3. The predicted molar refractivity (Wildman–Crippen MR) is 75.3 cm³/mol. The van der Waals surface area contributed by atoms with Crippen LogP contribution in [0, 0.1) is 0 Å². The first kappa shape index (κ1) is 14.4. The van der Waals surface area contributed by atoms with Gasteiger partial charge in [-0.1, -0.05) is 23.9 Å². The van der Waals surface area contributed by atoms with Crippen LogP contribution in [0.1, 0.15) is 10.4 Å². The van der Waals surface area contributed by atoms with Crippen molar-refractivity contribution in [1.82, 2.24) is 20.2 Å². The molecule has 0 aliphatic heterocycles. The highest BCUT2D eigenvalue weighted by Crippen LogP contribution is 2.19. The monoisotopic (exact) mass is 293 g/mol. The molecule has 0 saturated carbocycles. The van der Waals surface area contributed by atoms with Crippen molar-refractivity contribution in [2.24, 2.45) is 12.9 Å². The molecule has 0 fully saturated rings. The molecule has 1 amide bonds. The van der Waals surface area contributed by atoms with Gasteiger partial charge in [0, 0.05) is 12.8 Å². The number of carbonyl (C=O) groups is 1. The number of para-hydroxylation sites is 1. The molecule has 0 saturated heterocycles. The summed E-state index contributed by atoms with van der Waals surface area (Å²) < 4.78 is 7.44. The van der Waals surface area contributed by atoms with Gasteiger partial charge in [0.1, 0.15) is 12.1 Å². The van der Waals surface area contributed by atoms with E-state index in [4.69, 9.17) is 10.6 Å². The Hall–Kier alpha value is -2.06. The van der Waals surface area contributed by atoms with Crippen LogP contribution in [0.15, 0.2) is 35.7 Å². The maximum atomic E-state index is 11.6. The molecule has 1 aromatic carbocycles. The van der Waals surface area contributed by atoms with Crippen molar-refractivity contribution in [3.63, 3.8) is 0 Å². The van der Waals surface area contributed by atoms with Crippen LogP contribution in [-0.2, 0) is 7.05 Å². The van der Waals surface area contributed by atoms with Gasteiger partial charge in [-0.25, -0.2) is 5.84 Å². The molecule has 1 heterocycles. The van der Waals surface area contributed by atoms with E-state index in [9.17, 15) is 4.79 Å². The zero-order chi connectivity index (χ0) is 14.4.